The topological polar surface area (TPSA) is 44.5 Å². The van der Waals surface area contributed by atoms with E-state index in [1.165, 1.54) is 11.1 Å². The minimum atomic E-state index is -0.725. The van der Waals surface area contributed by atoms with Gasteiger partial charge in [0, 0.05) is 5.56 Å². The number of aryl methyl sites for hydroxylation is 2. The van der Waals surface area contributed by atoms with Crippen LogP contribution in [0.4, 0.5) is 0 Å². The summed E-state index contributed by atoms with van der Waals surface area (Å²) >= 11 is 0. The molecular formula is C13H19NO2. The van der Waals surface area contributed by atoms with E-state index in [-0.39, 0.29) is 0 Å². The van der Waals surface area contributed by atoms with E-state index in [1.807, 2.05) is 6.07 Å². The third-order valence-corrected chi connectivity index (χ3v) is 3.17. The molecule has 88 valence electrons. The Labute approximate surface area is 96.5 Å². The van der Waals surface area contributed by atoms with Gasteiger partial charge < -0.3 is 15.2 Å². The Hall–Kier alpha value is -0.900. The molecule has 3 heteroatoms. The lowest BCUT2D eigenvalue weighted by Gasteiger charge is -2.36. The second kappa shape index (κ2) is 4.53. The van der Waals surface area contributed by atoms with Gasteiger partial charge in [0.05, 0.1) is 19.8 Å². The third kappa shape index (κ3) is 1.98. The molecule has 16 heavy (non-hydrogen) atoms. The summed E-state index contributed by atoms with van der Waals surface area (Å²) in [7, 11) is 0. The molecule has 2 rings (SSSR count). The summed E-state index contributed by atoms with van der Waals surface area (Å²) in [5.74, 6) is -0.725. The van der Waals surface area contributed by atoms with E-state index in [0.717, 1.165) is 12.0 Å². The van der Waals surface area contributed by atoms with Crippen molar-refractivity contribution in [3.8, 4) is 0 Å². The molecule has 0 radical (unpaired) electrons. The Kier molecular flexibility index (Phi) is 3.28. The summed E-state index contributed by atoms with van der Waals surface area (Å²) in [5.41, 5.74) is 9.34. The fourth-order valence-corrected chi connectivity index (χ4v) is 1.96. The van der Waals surface area contributed by atoms with Gasteiger partial charge in [0.2, 0.25) is 5.79 Å². The monoisotopic (exact) mass is 221 g/mol. The van der Waals surface area contributed by atoms with Crippen LogP contribution < -0.4 is 5.73 Å². The molecule has 0 atom stereocenters. The average Bonchev–Trinajstić information content (AvgIpc) is 2.33. The van der Waals surface area contributed by atoms with Crippen molar-refractivity contribution in [1.82, 2.24) is 0 Å². The van der Waals surface area contributed by atoms with Gasteiger partial charge >= 0.3 is 0 Å². The predicted molar refractivity (Wildman–Crippen MR) is 63.2 cm³/mol. The maximum absolute atomic E-state index is 5.81. The molecular weight excluding hydrogens is 202 g/mol. The van der Waals surface area contributed by atoms with Crippen LogP contribution in [0.15, 0.2) is 18.2 Å². The number of ether oxygens (including phenoxy) is 2. The normalized spacial score (nSPS) is 19.7. The average molecular weight is 221 g/mol. The SMILES string of the molecule is Cc1ccc(C2(CN)OCCCO2)cc1C. The molecule has 0 aliphatic carbocycles. The van der Waals surface area contributed by atoms with Crippen molar-refractivity contribution in [3.05, 3.63) is 34.9 Å². The summed E-state index contributed by atoms with van der Waals surface area (Å²) in [6.45, 7) is 5.96. The lowest BCUT2D eigenvalue weighted by atomic mass is 9.99. The molecule has 3 nitrogen and oxygen atoms in total. The van der Waals surface area contributed by atoms with Crippen molar-refractivity contribution in [3.63, 3.8) is 0 Å². The van der Waals surface area contributed by atoms with E-state index >= 15 is 0 Å². The summed E-state index contributed by atoms with van der Waals surface area (Å²) in [4.78, 5) is 0. The maximum atomic E-state index is 5.81. The first kappa shape index (κ1) is 11.6. The highest BCUT2D eigenvalue weighted by Crippen LogP contribution is 2.30. The van der Waals surface area contributed by atoms with Gasteiger partial charge in [-0.2, -0.15) is 0 Å². The van der Waals surface area contributed by atoms with Crippen molar-refractivity contribution in [2.75, 3.05) is 19.8 Å². The number of rotatable bonds is 2. The molecule has 0 spiro atoms. The molecule has 0 aromatic heterocycles. The summed E-state index contributed by atoms with van der Waals surface area (Å²) in [5, 5.41) is 0. The summed E-state index contributed by atoms with van der Waals surface area (Å²) in [6.07, 6.45) is 0.937. The quantitative estimate of drug-likeness (QED) is 0.829. The van der Waals surface area contributed by atoms with Crippen LogP contribution in [0, 0.1) is 13.8 Å². The van der Waals surface area contributed by atoms with Crippen molar-refractivity contribution >= 4 is 0 Å². The van der Waals surface area contributed by atoms with Gasteiger partial charge in [0.25, 0.3) is 0 Å². The number of nitrogens with two attached hydrogens (primary N) is 1. The van der Waals surface area contributed by atoms with Gasteiger partial charge in [-0.05, 0) is 31.4 Å². The van der Waals surface area contributed by atoms with Crippen LogP contribution in [0.3, 0.4) is 0 Å². The molecule has 1 aromatic rings. The Bertz CT molecular complexity index is 370. The van der Waals surface area contributed by atoms with Crippen LogP contribution >= 0.6 is 0 Å². The van der Waals surface area contributed by atoms with Gasteiger partial charge in [-0.15, -0.1) is 0 Å². The van der Waals surface area contributed by atoms with Crippen molar-refractivity contribution in [2.24, 2.45) is 5.73 Å². The fraction of sp³-hybridized carbons (Fsp3) is 0.538. The van der Waals surface area contributed by atoms with Gasteiger partial charge in [0.1, 0.15) is 0 Å². The van der Waals surface area contributed by atoms with E-state index in [9.17, 15) is 0 Å². The zero-order valence-corrected chi connectivity index (χ0v) is 9.95. The standard InChI is InChI=1S/C13H19NO2/c1-10-4-5-12(8-11(10)2)13(9-14)15-6-3-7-16-13/h4-5,8H,3,6-7,9,14H2,1-2H3. The summed E-state index contributed by atoms with van der Waals surface area (Å²) < 4.78 is 11.5. The first-order chi connectivity index (χ1) is 7.68. The molecule has 0 amide bonds. The molecule has 1 aliphatic rings. The van der Waals surface area contributed by atoms with Crippen LogP contribution in [0.1, 0.15) is 23.1 Å². The molecule has 1 fully saturated rings. The molecule has 0 bridgehead atoms. The van der Waals surface area contributed by atoms with E-state index in [1.54, 1.807) is 0 Å². The van der Waals surface area contributed by atoms with Crippen LogP contribution in [0.25, 0.3) is 0 Å². The van der Waals surface area contributed by atoms with E-state index in [0.29, 0.717) is 19.8 Å². The highest BCUT2D eigenvalue weighted by atomic mass is 16.7. The maximum Gasteiger partial charge on any atom is 0.207 e. The lowest BCUT2D eigenvalue weighted by Crippen LogP contribution is -2.44. The van der Waals surface area contributed by atoms with E-state index < -0.39 is 5.79 Å². The Balaban J connectivity index is 2.35. The highest BCUT2D eigenvalue weighted by Gasteiger charge is 2.35. The second-order valence-corrected chi connectivity index (χ2v) is 4.31. The Morgan fingerprint density at radius 1 is 1.19 bits per heavy atom. The Morgan fingerprint density at radius 2 is 1.88 bits per heavy atom. The number of hydrogen-bond donors (Lipinski definition) is 1. The van der Waals surface area contributed by atoms with Crippen molar-refractivity contribution in [1.29, 1.82) is 0 Å². The minimum Gasteiger partial charge on any atom is -0.345 e. The van der Waals surface area contributed by atoms with Gasteiger partial charge in [0.15, 0.2) is 0 Å². The van der Waals surface area contributed by atoms with Crippen LogP contribution in [0.2, 0.25) is 0 Å². The molecule has 1 saturated heterocycles. The van der Waals surface area contributed by atoms with Crippen LogP contribution in [-0.4, -0.2) is 19.8 Å². The van der Waals surface area contributed by atoms with Gasteiger partial charge in [-0.3, -0.25) is 0 Å². The van der Waals surface area contributed by atoms with Crippen LogP contribution in [0.5, 0.6) is 0 Å². The first-order valence-corrected chi connectivity index (χ1v) is 5.74. The zero-order valence-electron chi connectivity index (χ0n) is 9.95. The lowest BCUT2D eigenvalue weighted by molar-refractivity contribution is -0.269. The largest absolute Gasteiger partial charge is 0.345 e. The van der Waals surface area contributed by atoms with Crippen molar-refractivity contribution < 1.29 is 9.47 Å². The van der Waals surface area contributed by atoms with Crippen molar-refractivity contribution in [2.45, 2.75) is 26.1 Å². The molecule has 0 unspecified atom stereocenters. The van der Waals surface area contributed by atoms with Crippen LogP contribution in [-0.2, 0) is 15.3 Å². The van der Waals surface area contributed by atoms with E-state index in [2.05, 4.69) is 26.0 Å². The van der Waals surface area contributed by atoms with E-state index in [4.69, 9.17) is 15.2 Å². The molecule has 2 N–H and O–H groups in total. The third-order valence-electron chi connectivity index (χ3n) is 3.17. The zero-order chi connectivity index (χ0) is 11.6. The minimum absolute atomic E-state index is 0.357. The molecule has 1 heterocycles. The predicted octanol–water partition coefficient (Wildman–Crippen LogP) is 1.85. The summed E-state index contributed by atoms with van der Waals surface area (Å²) in [6, 6.07) is 6.23. The molecule has 0 saturated carbocycles. The van der Waals surface area contributed by atoms with Gasteiger partial charge in [-0.25, -0.2) is 0 Å². The van der Waals surface area contributed by atoms with Gasteiger partial charge in [-0.1, -0.05) is 18.2 Å². The molecule has 1 aromatic carbocycles. The second-order valence-electron chi connectivity index (χ2n) is 4.31. The number of hydrogen-bond acceptors (Lipinski definition) is 3. The molecule has 1 aliphatic heterocycles. The number of benzene rings is 1. The Morgan fingerprint density at radius 3 is 2.44 bits per heavy atom. The smallest absolute Gasteiger partial charge is 0.207 e. The first-order valence-electron chi connectivity index (χ1n) is 5.74. The highest BCUT2D eigenvalue weighted by molar-refractivity contribution is 5.32. The fourth-order valence-electron chi connectivity index (χ4n) is 1.96.